The van der Waals surface area contributed by atoms with Gasteiger partial charge in [0.1, 0.15) is 0 Å². The van der Waals surface area contributed by atoms with Crippen molar-refractivity contribution < 1.29 is 0 Å². The lowest BCUT2D eigenvalue weighted by molar-refractivity contribution is 1.17. The Morgan fingerprint density at radius 1 is 0.875 bits per heavy atom. The van der Waals surface area contributed by atoms with Gasteiger partial charge < -0.3 is 0 Å². The van der Waals surface area contributed by atoms with Crippen molar-refractivity contribution in [1.82, 2.24) is 4.98 Å². The van der Waals surface area contributed by atoms with Gasteiger partial charge in [0.2, 0.25) is 0 Å². The van der Waals surface area contributed by atoms with Crippen LogP contribution in [-0.4, -0.2) is 4.98 Å². The molecule has 0 aliphatic carbocycles. The SMILES string of the molecule is Cc1ccc(Cc2cc3ccccc3nc2-c2cc[c]cc2)cc1. The molecule has 0 bridgehead atoms. The molecule has 1 heterocycles. The molecule has 24 heavy (non-hydrogen) atoms. The van der Waals surface area contributed by atoms with Gasteiger partial charge in [0.25, 0.3) is 0 Å². The second-order valence-electron chi connectivity index (χ2n) is 6.14. The van der Waals surface area contributed by atoms with Crippen LogP contribution in [0.25, 0.3) is 22.2 Å². The second kappa shape index (κ2) is 6.29. The Bertz CT molecular complexity index is 970. The quantitative estimate of drug-likeness (QED) is 0.480. The van der Waals surface area contributed by atoms with Crippen LogP contribution < -0.4 is 0 Å². The number of hydrogen-bond donors (Lipinski definition) is 0. The molecule has 0 saturated carbocycles. The fourth-order valence-corrected chi connectivity index (χ4v) is 3.02. The lowest BCUT2D eigenvalue weighted by Gasteiger charge is -2.11. The molecule has 3 aromatic carbocycles. The zero-order valence-corrected chi connectivity index (χ0v) is 13.7. The highest BCUT2D eigenvalue weighted by molar-refractivity contribution is 5.83. The fourth-order valence-electron chi connectivity index (χ4n) is 3.02. The average molecular weight is 308 g/mol. The van der Waals surface area contributed by atoms with Crippen LogP contribution in [0.15, 0.2) is 78.9 Å². The summed E-state index contributed by atoms with van der Waals surface area (Å²) in [4.78, 5) is 4.95. The predicted octanol–water partition coefficient (Wildman–Crippen LogP) is 5.60. The Morgan fingerprint density at radius 2 is 1.62 bits per heavy atom. The molecule has 1 heteroatoms. The smallest absolute Gasteiger partial charge is 0.0745 e. The number of benzene rings is 3. The Kier molecular flexibility index (Phi) is 3.84. The summed E-state index contributed by atoms with van der Waals surface area (Å²) in [5.41, 5.74) is 7.08. The monoisotopic (exact) mass is 308 g/mol. The van der Waals surface area contributed by atoms with Gasteiger partial charge >= 0.3 is 0 Å². The van der Waals surface area contributed by atoms with Crippen LogP contribution in [-0.2, 0) is 6.42 Å². The first-order valence-electron chi connectivity index (χ1n) is 8.20. The molecule has 0 N–H and O–H groups in total. The maximum atomic E-state index is 4.95. The largest absolute Gasteiger partial charge is 0.247 e. The van der Waals surface area contributed by atoms with Gasteiger partial charge in [-0.3, -0.25) is 0 Å². The number of fused-ring (bicyclic) bond motifs is 1. The van der Waals surface area contributed by atoms with E-state index in [2.05, 4.69) is 73.7 Å². The third-order valence-corrected chi connectivity index (χ3v) is 4.31. The van der Waals surface area contributed by atoms with Crippen molar-refractivity contribution in [3.05, 3.63) is 102 Å². The molecule has 0 atom stereocenters. The lowest BCUT2D eigenvalue weighted by atomic mass is 9.97. The number of hydrogen-bond acceptors (Lipinski definition) is 1. The van der Waals surface area contributed by atoms with E-state index in [4.69, 9.17) is 4.98 Å². The van der Waals surface area contributed by atoms with E-state index in [0.29, 0.717) is 0 Å². The zero-order valence-electron chi connectivity index (χ0n) is 13.7. The van der Waals surface area contributed by atoms with Crippen molar-refractivity contribution in [1.29, 1.82) is 0 Å². The van der Waals surface area contributed by atoms with Gasteiger partial charge in [0.15, 0.2) is 0 Å². The summed E-state index contributed by atoms with van der Waals surface area (Å²) in [5.74, 6) is 0. The topological polar surface area (TPSA) is 12.9 Å². The molecule has 0 aliphatic rings. The van der Waals surface area contributed by atoms with E-state index in [1.54, 1.807) is 0 Å². The summed E-state index contributed by atoms with van der Waals surface area (Å²) in [7, 11) is 0. The summed E-state index contributed by atoms with van der Waals surface area (Å²) < 4.78 is 0. The van der Waals surface area contributed by atoms with Gasteiger partial charge in [-0.15, -0.1) is 0 Å². The van der Waals surface area contributed by atoms with Crippen molar-refractivity contribution in [2.45, 2.75) is 13.3 Å². The van der Waals surface area contributed by atoms with E-state index in [-0.39, 0.29) is 0 Å². The highest BCUT2D eigenvalue weighted by Crippen LogP contribution is 2.27. The van der Waals surface area contributed by atoms with Crippen LogP contribution in [0.3, 0.4) is 0 Å². The number of nitrogens with zero attached hydrogens (tertiary/aromatic N) is 1. The van der Waals surface area contributed by atoms with Gasteiger partial charge in [-0.1, -0.05) is 72.3 Å². The number of aromatic nitrogens is 1. The Balaban J connectivity index is 1.86. The number of aryl methyl sites for hydroxylation is 1. The zero-order chi connectivity index (χ0) is 16.4. The first-order valence-corrected chi connectivity index (χ1v) is 8.20. The molecule has 1 radical (unpaired) electrons. The van der Waals surface area contributed by atoms with Crippen molar-refractivity contribution in [3.8, 4) is 11.3 Å². The van der Waals surface area contributed by atoms with Gasteiger partial charge in [-0.05, 0) is 42.7 Å². The Morgan fingerprint density at radius 3 is 2.42 bits per heavy atom. The van der Waals surface area contributed by atoms with Crippen LogP contribution in [0.1, 0.15) is 16.7 Å². The van der Waals surface area contributed by atoms with Crippen molar-refractivity contribution in [3.63, 3.8) is 0 Å². The number of para-hydroxylation sites is 1. The van der Waals surface area contributed by atoms with Crippen molar-refractivity contribution in [2.24, 2.45) is 0 Å². The minimum Gasteiger partial charge on any atom is -0.247 e. The fraction of sp³-hybridized carbons (Fsp3) is 0.0870. The lowest BCUT2D eigenvalue weighted by Crippen LogP contribution is -1.96. The molecule has 0 spiro atoms. The molecule has 0 amide bonds. The summed E-state index contributed by atoms with van der Waals surface area (Å²) in [5, 5.41) is 1.19. The van der Waals surface area contributed by atoms with E-state index in [0.717, 1.165) is 23.2 Å². The number of rotatable bonds is 3. The maximum absolute atomic E-state index is 4.95. The van der Waals surface area contributed by atoms with Gasteiger partial charge in [0, 0.05) is 10.9 Å². The van der Waals surface area contributed by atoms with Gasteiger partial charge in [-0.2, -0.15) is 0 Å². The Hall–Kier alpha value is -2.93. The number of pyridine rings is 1. The molecule has 0 saturated heterocycles. The normalized spacial score (nSPS) is 10.9. The van der Waals surface area contributed by atoms with E-state index in [1.807, 2.05) is 18.2 Å². The van der Waals surface area contributed by atoms with E-state index >= 15 is 0 Å². The summed E-state index contributed by atoms with van der Waals surface area (Å²) in [6.45, 7) is 2.12. The Labute approximate surface area is 142 Å². The van der Waals surface area contributed by atoms with Crippen molar-refractivity contribution in [2.75, 3.05) is 0 Å². The highest BCUT2D eigenvalue weighted by atomic mass is 14.7. The van der Waals surface area contributed by atoms with E-state index < -0.39 is 0 Å². The third kappa shape index (κ3) is 2.93. The van der Waals surface area contributed by atoms with Crippen LogP contribution in [0.5, 0.6) is 0 Å². The van der Waals surface area contributed by atoms with Gasteiger partial charge in [-0.25, -0.2) is 4.98 Å². The standard InChI is InChI=1S/C23H18N/c1-17-11-13-18(14-12-17)15-21-16-20-9-5-6-10-22(20)24-23(21)19-7-3-2-4-8-19/h3-14,16H,15H2,1H3. The minimum absolute atomic E-state index is 0.881. The summed E-state index contributed by atoms with van der Waals surface area (Å²) in [6, 6.07) is 30.5. The van der Waals surface area contributed by atoms with Crippen LogP contribution in [0.4, 0.5) is 0 Å². The molecule has 0 fully saturated rings. The second-order valence-corrected chi connectivity index (χ2v) is 6.14. The molecule has 4 aromatic rings. The summed E-state index contributed by atoms with van der Waals surface area (Å²) >= 11 is 0. The van der Waals surface area contributed by atoms with Crippen LogP contribution in [0, 0.1) is 13.0 Å². The van der Waals surface area contributed by atoms with Crippen LogP contribution >= 0.6 is 0 Å². The molecule has 1 aromatic heterocycles. The molecule has 4 rings (SSSR count). The third-order valence-electron chi connectivity index (χ3n) is 4.31. The molecule has 0 aliphatic heterocycles. The molecule has 115 valence electrons. The molecule has 1 nitrogen and oxygen atoms in total. The summed E-state index contributed by atoms with van der Waals surface area (Å²) in [6.07, 6.45) is 0.881. The minimum atomic E-state index is 0.881. The first-order chi connectivity index (χ1) is 11.8. The van der Waals surface area contributed by atoms with Gasteiger partial charge in [0.05, 0.1) is 11.2 Å². The predicted molar refractivity (Wildman–Crippen MR) is 100 cm³/mol. The molecular formula is C23H18N. The van der Waals surface area contributed by atoms with Crippen LogP contribution in [0.2, 0.25) is 0 Å². The molecular weight excluding hydrogens is 290 g/mol. The van der Waals surface area contributed by atoms with E-state index in [9.17, 15) is 0 Å². The van der Waals surface area contributed by atoms with Crippen molar-refractivity contribution >= 4 is 10.9 Å². The molecule has 0 unspecified atom stereocenters. The highest BCUT2D eigenvalue weighted by Gasteiger charge is 2.10. The average Bonchev–Trinajstić information content (AvgIpc) is 2.64. The van der Waals surface area contributed by atoms with E-state index in [1.165, 1.54) is 22.1 Å². The maximum Gasteiger partial charge on any atom is 0.0745 e. The first kappa shape index (κ1) is 14.6.